The van der Waals surface area contributed by atoms with E-state index in [0.717, 1.165) is 12.1 Å². The Morgan fingerprint density at radius 3 is 2.43 bits per heavy atom. The summed E-state index contributed by atoms with van der Waals surface area (Å²) in [5, 5.41) is 17.3. The van der Waals surface area contributed by atoms with Crippen LogP contribution in [0.3, 0.4) is 0 Å². The molecule has 0 radical (unpaired) electrons. The van der Waals surface area contributed by atoms with Gasteiger partial charge >= 0.3 is 0 Å². The van der Waals surface area contributed by atoms with E-state index in [4.69, 9.17) is 14.9 Å². The molecule has 5 heteroatoms. The summed E-state index contributed by atoms with van der Waals surface area (Å²) in [6.45, 7) is 1.84. The van der Waals surface area contributed by atoms with Gasteiger partial charge < -0.3 is 14.9 Å². The number of benzene rings is 1. The fraction of sp³-hybridized carbons (Fsp3) is 0.333. The Balaban J connectivity index is 3.12. The molecule has 14 heavy (non-hydrogen) atoms. The van der Waals surface area contributed by atoms with Crippen LogP contribution in [-0.2, 0) is 0 Å². The van der Waals surface area contributed by atoms with Gasteiger partial charge in [-0.25, -0.2) is 4.39 Å². The minimum atomic E-state index is -2.03. The molecule has 0 aliphatic heterocycles. The summed E-state index contributed by atoms with van der Waals surface area (Å²) in [6, 6.07) is 2.21. The van der Waals surface area contributed by atoms with Crippen LogP contribution < -0.4 is 4.74 Å². The van der Waals surface area contributed by atoms with Crippen molar-refractivity contribution in [1.82, 2.24) is 0 Å². The molecule has 0 aliphatic rings. The number of ether oxygens (including phenoxy) is 1. The molecule has 0 heterocycles. The smallest absolute Gasteiger partial charge is 0.201 e. The van der Waals surface area contributed by atoms with Crippen molar-refractivity contribution in [2.45, 2.75) is 13.2 Å². The van der Waals surface area contributed by atoms with Gasteiger partial charge in [-0.1, -0.05) is 0 Å². The van der Waals surface area contributed by atoms with Crippen molar-refractivity contribution >= 4 is 0 Å². The van der Waals surface area contributed by atoms with Crippen LogP contribution in [0.1, 0.15) is 18.8 Å². The van der Waals surface area contributed by atoms with E-state index in [1.807, 2.05) is 0 Å². The van der Waals surface area contributed by atoms with E-state index in [-0.39, 0.29) is 12.4 Å². The van der Waals surface area contributed by atoms with Crippen LogP contribution in [0.2, 0.25) is 0 Å². The normalized spacial score (nSPS) is 10.7. The molecule has 0 fully saturated rings. The zero-order chi connectivity index (χ0) is 10.7. The first-order valence-electron chi connectivity index (χ1n) is 4.04. The summed E-state index contributed by atoms with van der Waals surface area (Å²) in [5.74, 6) is -2.75. The van der Waals surface area contributed by atoms with Gasteiger partial charge in [-0.05, 0) is 19.1 Å². The molecule has 0 aromatic heterocycles. The van der Waals surface area contributed by atoms with Gasteiger partial charge in [0.05, 0.1) is 6.61 Å². The number of hydrogen-bond acceptors (Lipinski definition) is 3. The molecule has 1 aromatic rings. The largest absolute Gasteiger partial charge is 0.491 e. The molecule has 0 saturated heterocycles. The van der Waals surface area contributed by atoms with Crippen molar-refractivity contribution in [3.8, 4) is 5.75 Å². The molecule has 78 valence electrons. The zero-order valence-corrected chi connectivity index (χ0v) is 7.50. The molecule has 1 rings (SSSR count). The number of aliphatic hydroxyl groups is 2. The van der Waals surface area contributed by atoms with Crippen LogP contribution in [0.5, 0.6) is 5.75 Å². The van der Waals surface area contributed by atoms with Crippen LogP contribution in [0.15, 0.2) is 12.1 Å². The van der Waals surface area contributed by atoms with Gasteiger partial charge in [-0.3, -0.25) is 0 Å². The third-order valence-electron chi connectivity index (χ3n) is 1.65. The lowest BCUT2D eigenvalue weighted by atomic mass is 10.2. The summed E-state index contributed by atoms with van der Waals surface area (Å²) in [7, 11) is 0. The number of hydrogen-bond donors (Lipinski definition) is 2. The highest BCUT2D eigenvalue weighted by Gasteiger charge is 2.17. The second-order valence-electron chi connectivity index (χ2n) is 2.59. The van der Waals surface area contributed by atoms with E-state index in [9.17, 15) is 8.78 Å². The maximum atomic E-state index is 13.1. The second-order valence-corrected chi connectivity index (χ2v) is 2.59. The highest BCUT2D eigenvalue weighted by Crippen LogP contribution is 2.25. The van der Waals surface area contributed by atoms with Gasteiger partial charge in [0.25, 0.3) is 0 Å². The Kier molecular flexibility index (Phi) is 3.38. The van der Waals surface area contributed by atoms with Crippen molar-refractivity contribution in [2.75, 3.05) is 6.61 Å². The Morgan fingerprint density at radius 2 is 1.93 bits per heavy atom. The standard InChI is InChI=1S/C9H10F2O3/c1-2-14-6-4-3-5(9(12)13)7(10)8(6)11/h3-4,9,12-13H,2H2,1H3. The number of aliphatic hydroxyl groups excluding tert-OH is 1. The van der Waals surface area contributed by atoms with E-state index >= 15 is 0 Å². The van der Waals surface area contributed by atoms with Gasteiger partial charge in [-0.15, -0.1) is 0 Å². The Bertz CT molecular complexity index is 326. The van der Waals surface area contributed by atoms with E-state index in [1.54, 1.807) is 6.92 Å². The first-order chi connectivity index (χ1) is 6.57. The van der Waals surface area contributed by atoms with Crippen LogP contribution in [0, 0.1) is 11.6 Å². The van der Waals surface area contributed by atoms with Crippen LogP contribution >= 0.6 is 0 Å². The van der Waals surface area contributed by atoms with Gasteiger partial charge in [-0.2, -0.15) is 4.39 Å². The van der Waals surface area contributed by atoms with Gasteiger partial charge in [0, 0.05) is 5.56 Å². The summed E-state index contributed by atoms with van der Waals surface area (Å²) < 4.78 is 30.9. The second kappa shape index (κ2) is 4.34. The van der Waals surface area contributed by atoms with Crippen molar-refractivity contribution in [2.24, 2.45) is 0 Å². The molecule has 2 N–H and O–H groups in total. The molecule has 0 aliphatic carbocycles. The fourth-order valence-electron chi connectivity index (χ4n) is 1.01. The fourth-order valence-corrected chi connectivity index (χ4v) is 1.01. The van der Waals surface area contributed by atoms with Crippen molar-refractivity contribution in [3.63, 3.8) is 0 Å². The minimum absolute atomic E-state index is 0.206. The molecule has 0 saturated carbocycles. The van der Waals surface area contributed by atoms with E-state index in [2.05, 4.69) is 0 Å². The first-order valence-corrected chi connectivity index (χ1v) is 4.04. The summed E-state index contributed by atoms with van der Waals surface area (Å²) in [4.78, 5) is 0. The quantitative estimate of drug-likeness (QED) is 0.730. The molecular weight excluding hydrogens is 194 g/mol. The van der Waals surface area contributed by atoms with Gasteiger partial charge in [0.1, 0.15) is 0 Å². The van der Waals surface area contributed by atoms with Crippen molar-refractivity contribution < 1.29 is 23.7 Å². The summed E-state index contributed by atoms with van der Waals surface area (Å²) in [6.07, 6.45) is -2.03. The monoisotopic (exact) mass is 204 g/mol. The van der Waals surface area contributed by atoms with Crippen LogP contribution in [0.4, 0.5) is 8.78 Å². The Morgan fingerprint density at radius 1 is 1.29 bits per heavy atom. The van der Waals surface area contributed by atoms with Crippen LogP contribution in [0.25, 0.3) is 0 Å². The van der Waals surface area contributed by atoms with Crippen molar-refractivity contribution in [3.05, 3.63) is 29.3 Å². The summed E-state index contributed by atoms with van der Waals surface area (Å²) in [5.41, 5.74) is -0.508. The molecule has 0 atom stereocenters. The molecule has 1 aromatic carbocycles. The van der Waals surface area contributed by atoms with Crippen LogP contribution in [-0.4, -0.2) is 16.8 Å². The average molecular weight is 204 g/mol. The number of rotatable bonds is 3. The average Bonchev–Trinajstić information content (AvgIpc) is 2.13. The van der Waals surface area contributed by atoms with Crippen molar-refractivity contribution in [1.29, 1.82) is 0 Å². The highest BCUT2D eigenvalue weighted by molar-refractivity contribution is 5.31. The zero-order valence-electron chi connectivity index (χ0n) is 7.50. The third kappa shape index (κ3) is 2.00. The Labute approximate surface area is 79.6 Å². The molecule has 0 unspecified atom stereocenters. The lowest BCUT2D eigenvalue weighted by molar-refractivity contribution is -0.0454. The lowest BCUT2D eigenvalue weighted by Gasteiger charge is -2.09. The Hall–Kier alpha value is -1.20. The predicted molar refractivity (Wildman–Crippen MR) is 44.7 cm³/mol. The van der Waals surface area contributed by atoms with Gasteiger partial charge in [0.15, 0.2) is 17.9 Å². The molecular formula is C9H10F2O3. The topological polar surface area (TPSA) is 49.7 Å². The number of halogens is 2. The maximum Gasteiger partial charge on any atom is 0.201 e. The summed E-state index contributed by atoms with van der Waals surface area (Å²) >= 11 is 0. The molecule has 0 spiro atoms. The van der Waals surface area contributed by atoms with E-state index in [0.29, 0.717) is 0 Å². The van der Waals surface area contributed by atoms with Gasteiger partial charge in [0.2, 0.25) is 5.82 Å². The predicted octanol–water partition coefficient (Wildman–Crippen LogP) is 1.35. The maximum absolute atomic E-state index is 13.1. The first kappa shape index (κ1) is 10.9. The lowest BCUT2D eigenvalue weighted by Crippen LogP contribution is -2.04. The molecule has 0 amide bonds. The minimum Gasteiger partial charge on any atom is -0.491 e. The highest BCUT2D eigenvalue weighted by atomic mass is 19.2. The molecule has 3 nitrogen and oxygen atoms in total. The molecule has 0 bridgehead atoms. The van der Waals surface area contributed by atoms with E-state index in [1.165, 1.54) is 0 Å². The third-order valence-corrected chi connectivity index (χ3v) is 1.65. The SMILES string of the molecule is CCOc1ccc(C(O)O)c(F)c1F. The van der Waals surface area contributed by atoms with E-state index < -0.39 is 23.5 Å².